The fraction of sp³-hybridized carbons (Fsp3) is 0.917. The number of carboxylic acid groups (broad SMARTS) is 1. The molecule has 0 saturated carbocycles. The van der Waals surface area contributed by atoms with Gasteiger partial charge in [-0.3, -0.25) is 4.79 Å². The molecule has 96 valence electrons. The second-order valence-corrected chi connectivity index (χ2v) is 4.36. The Morgan fingerprint density at radius 1 is 1.38 bits per heavy atom. The maximum Gasteiger partial charge on any atom is 0.320 e. The van der Waals surface area contributed by atoms with E-state index < -0.39 is 12.0 Å². The van der Waals surface area contributed by atoms with Crippen LogP contribution < -0.4 is 5.32 Å². The van der Waals surface area contributed by atoms with Crippen molar-refractivity contribution in [2.75, 3.05) is 19.6 Å². The largest absolute Gasteiger partial charge is 0.480 e. The van der Waals surface area contributed by atoms with Gasteiger partial charge in [0.1, 0.15) is 6.04 Å². The van der Waals surface area contributed by atoms with E-state index in [2.05, 4.69) is 31.0 Å². The van der Waals surface area contributed by atoms with Crippen molar-refractivity contribution in [2.24, 2.45) is 0 Å². The number of carbonyl (C=O) groups is 1. The smallest absolute Gasteiger partial charge is 0.320 e. The van der Waals surface area contributed by atoms with Gasteiger partial charge in [-0.1, -0.05) is 13.8 Å². The molecule has 0 amide bonds. The van der Waals surface area contributed by atoms with Crippen LogP contribution >= 0.6 is 0 Å². The van der Waals surface area contributed by atoms with Crippen molar-refractivity contribution in [3.63, 3.8) is 0 Å². The number of aliphatic carboxylic acids is 1. The van der Waals surface area contributed by atoms with Crippen LogP contribution in [0.15, 0.2) is 0 Å². The molecule has 1 atom stereocenters. The zero-order chi connectivity index (χ0) is 12.6. The van der Waals surface area contributed by atoms with Crippen LogP contribution in [0.4, 0.5) is 0 Å². The van der Waals surface area contributed by atoms with Gasteiger partial charge in [0.05, 0.1) is 0 Å². The van der Waals surface area contributed by atoms with Crippen molar-refractivity contribution < 1.29 is 9.90 Å². The van der Waals surface area contributed by atoms with Crippen molar-refractivity contribution in [3.05, 3.63) is 0 Å². The Hall–Kier alpha value is -0.610. The van der Waals surface area contributed by atoms with E-state index in [1.54, 1.807) is 0 Å². The summed E-state index contributed by atoms with van der Waals surface area (Å²) in [5.41, 5.74) is 0. The monoisotopic (exact) mass is 230 g/mol. The zero-order valence-electron chi connectivity index (χ0n) is 11.0. The van der Waals surface area contributed by atoms with Crippen molar-refractivity contribution in [1.29, 1.82) is 0 Å². The first-order chi connectivity index (χ1) is 7.52. The summed E-state index contributed by atoms with van der Waals surface area (Å²) in [7, 11) is 0. The van der Waals surface area contributed by atoms with E-state index in [4.69, 9.17) is 5.11 Å². The maximum absolute atomic E-state index is 11.0. The summed E-state index contributed by atoms with van der Waals surface area (Å²) in [6, 6.07) is 0.0679. The van der Waals surface area contributed by atoms with Crippen LogP contribution in [0.1, 0.15) is 40.5 Å². The van der Waals surface area contributed by atoms with Crippen molar-refractivity contribution >= 4 is 5.97 Å². The predicted molar refractivity (Wildman–Crippen MR) is 66.7 cm³/mol. The number of nitrogens with one attached hydrogen (secondary N) is 1. The summed E-state index contributed by atoms with van der Waals surface area (Å²) in [5, 5.41) is 12.1. The molecule has 0 fully saturated rings. The fourth-order valence-electron chi connectivity index (χ4n) is 1.71. The summed E-state index contributed by atoms with van der Waals surface area (Å²) in [6.45, 7) is 11.0. The lowest BCUT2D eigenvalue weighted by molar-refractivity contribution is -0.139. The average molecular weight is 230 g/mol. The van der Waals surface area contributed by atoms with Crippen LogP contribution in [0, 0.1) is 0 Å². The highest BCUT2D eigenvalue weighted by atomic mass is 16.4. The summed E-state index contributed by atoms with van der Waals surface area (Å²) < 4.78 is 0. The fourth-order valence-corrected chi connectivity index (χ4v) is 1.71. The second kappa shape index (κ2) is 8.53. The minimum absolute atomic E-state index is 0.409. The van der Waals surface area contributed by atoms with Crippen LogP contribution in [0.25, 0.3) is 0 Å². The van der Waals surface area contributed by atoms with Gasteiger partial charge in [-0.15, -0.1) is 0 Å². The van der Waals surface area contributed by atoms with E-state index in [1.807, 2.05) is 6.92 Å². The van der Waals surface area contributed by atoms with Gasteiger partial charge < -0.3 is 15.3 Å². The molecular formula is C12H26N2O2. The molecule has 0 rings (SSSR count). The van der Waals surface area contributed by atoms with Gasteiger partial charge in [0.15, 0.2) is 0 Å². The Morgan fingerprint density at radius 2 is 2.00 bits per heavy atom. The molecule has 4 heteroatoms. The number of hydrogen-bond donors (Lipinski definition) is 2. The van der Waals surface area contributed by atoms with Crippen molar-refractivity contribution in [3.8, 4) is 0 Å². The van der Waals surface area contributed by atoms with Gasteiger partial charge in [0.2, 0.25) is 0 Å². The Balaban J connectivity index is 4.04. The Bertz CT molecular complexity index is 195. The van der Waals surface area contributed by atoms with Crippen LogP contribution in [0.2, 0.25) is 0 Å². The minimum atomic E-state index is -0.742. The average Bonchev–Trinajstić information content (AvgIpc) is 2.22. The summed E-state index contributed by atoms with van der Waals surface area (Å²) >= 11 is 0. The predicted octanol–water partition coefficient (Wildman–Crippen LogP) is 1.56. The Labute approximate surface area is 99.0 Å². The highest BCUT2D eigenvalue weighted by molar-refractivity contribution is 5.73. The third kappa shape index (κ3) is 6.08. The van der Waals surface area contributed by atoms with E-state index >= 15 is 0 Å². The summed E-state index contributed by atoms with van der Waals surface area (Å²) in [4.78, 5) is 13.3. The summed E-state index contributed by atoms with van der Waals surface area (Å²) in [6.07, 6.45) is 1.63. The number of nitrogens with zero attached hydrogens (tertiary/aromatic N) is 1. The van der Waals surface area contributed by atoms with E-state index in [9.17, 15) is 4.79 Å². The molecule has 0 spiro atoms. The number of rotatable bonds is 9. The van der Waals surface area contributed by atoms with Gasteiger partial charge in [-0.2, -0.15) is 0 Å². The highest BCUT2D eigenvalue weighted by Gasteiger charge is 2.17. The van der Waals surface area contributed by atoms with E-state index in [1.165, 1.54) is 0 Å². The molecule has 0 aliphatic rings. The third-order valence-electron chi connectivity index (χ3n) is 2.78. The molecule has 0 aromatic rings. The molecule has 16 heavy (non-hydrogen) atoms. The van der Waals surface area contributed by atoms with Gasteiger partial charge >= 0.3 is 5.97 Å². The molecule has 0 heterocycles. The number of carboxylic acids is 1. The van der Waals surface area contributed by atoms with E-state index in [0.29, 0.717) is 12.5 Å². The van der Waals surface area contributed by atoms with Crippen LogP contribution in [-0.4, -0.2) is 47.7 Å². The van der Waals surface area contributed by atoms with Crippen LogP contribution in [-0.2, 0) is 4.79 Å². The van der Waals surface area contributed by atoms with Crippen molar-refractivity contribution in [1.82, 2.24) is 10.2 Å². The Morgan fingerprint density at radius 3 is 2.38 bits per heavy atom. The molecule has 2 N–H and O–H groups in total. The highest BCUT2D eigenvalue weighted by Crippen LogP contribution is 2.02. The Kier molecular flexibility index (Phi) is 8.21. The quantitative estimate of drug-likeness (QED) is 0.631. The molecule has 4 nitrogen and oxygen atoms in total. The second-order valence-electron chi connectivity index (χ2n) is 4.36. The number of hydrogen-bond acceptors (Lipinski definition) is 3. The molecule has 0 aromatic heterocycles. The summed E-state index contributed by atoms with van der Waals surface area (Å²) in [5.74, 6) is -0.742. The maximum atomic E-state index is 11.0. The molecule has 0 radical (unpaired) electrons. The standard InChI is InChI=1S/C12H26N2O2/c1-5-8-13-11(12(15)16)7-9-14(6-2)10(3)4/h10-11,13H,5-9H2,1-4H3,(H,15,16). The third-order valence-corrected chi connectivity index (χ3v) is 2.78. The molecule has 0 saturated heterocycles. The van der Waals surface area contributed by atoms with Crippen molar-refractivity contribution in [2.45, 2.75) is 52.6 Å². The first kappa shape index (κ1) is 15.4. The molecule has 1 unspecified atom stereocenters. The van der Waals surface area contributed by atoms with E-state index in [0.717, 1.165) is 26.1 Å². The van der Waals surface area contributed by atoms with Crippen LogP contribution in [0.3, 0.4) is 0 Å². The van der Waals surface area contributed by atoms with Gasteiger partial charge in [0, 0.05) is 12.6 Å². The van der Waals surface area contributed by atoms with E-state index in [-0.39, 0.29) is 0 Å². The first-order valence-electron chi connectivity index (χ1n) is 6.23. The van der Waals surface area contributed by atoms with Gasteiger partial charge in [-0.25, -0.2) is 0 Å². The lowest BCUT2D eigenvalue weighted by Gasteiger charge is -2.26. The van der Waals surface area contributed by atoms with Gasteiger partial charge in [-0.05, 0) is 39.8 Å². The topological polar surface area (TPSA) is 52.6 Å². The lowest BCUT2D eigenvalue weighted by Crippen LogP contribution is -2.41. The molecular weight excluding hydrogens is 204 g/mol. The molecule has 0 aliphatic carbocycles. The minimum Gasteiger partial charge on any atom is -0.480 e. The SMILES string of the molecule is CCCNC(CCN(CC)C(C)C)C(=O)O. The molecule has 0 bridgehead atoms. The van der Waals surface area contributed by atoms with Crippen LogP contribution in [0.5, 0.6) is 0 Å². The molecule has 0 aliphatic heterocycles. The molecule has 0 aromatic carbocycles. The zero-order valence-corrected chi connectivity index (χ0v) is 11.0. The lowest BCUT2D eigenvalue weighted by atomic mass is 10.1. The van der Waals surface area contributed by atoms with Gasteiger partial charge in [0.25, 0.3) is 0 Å². The normalized spacial score (nSPS) is 13.4. The first-order valence-corrected chi connectivity index (χ1v) is 6.23.